The van der Waals surface area contributed by atoms with Gasteiger partial charge in [0.25, 0.3) is 5.91 Å². The Morgan fingerprint density at radius 2 is 1.93 bits per heavy atom. The minimum Gasteiger partial charge on any atom is -0.481 e. The Labute approximate surface area is 162 Å². The quantitative estimate of drug-likeness (QED) is 0.690. The van der Waals surface area contributed by atoms with Gasteiger partial charge in [0.05, 0.1) is 0 Å². The van der Waals surface area contributed by atoms with Crippen LogP contribution in [0.2, 0.25) is 0 Å². The van der Waals surface area contributed by atoms with E-state index in [0.29, 0.717) is 17.9 Å². The normalized spacial score (nSPS) is 14.3. The van der Waals surface area contributed by atoms with Gasteiger partial charge in [-0.25, -0.2) is 4.79 Å². The van der Waals surface area contributed by atoms with Crippen molar-refractivity contribution in [2.75, 3.05) is 0 Å². The van der Waals surface area contributed by atoms with Gasteiger partial charge in [-0.05, 0) is 68.0 Å². The summed E-state index contributed by atoms with van der Waals surface area (Å²) in [4.78, 5) is 28.5. The third kappa shape index (κ3) is 3.76. The molecule has 1 N–H and O–H groups in total. The molecule has 1 aliphatic rings. The molecular weight excluding hydrogens is 356 g/mol. The molecule has 28 heavy (non-hydrogen) atoms. The summed E-state index contributed by atoms with van der Waals surface area (Å²) in [5.41, 5.74) is 3.10. The van der Waals surface area contributed by atoms with Crippen molar-refractivity contribution in [3.8, 4) is 5.75 Å². The first-order chi connectivity index (χ1) is 13.6. The second-order valence-electron chi connectivity index (χ2n) is 7.05. The van der Waals surface area contributed by atoms with Crippen molar-refractivity contribution >= 4 is 16.9 Å². The number of carbonyl (C=O) groups is 1. The zero-order valence-electron chi connectivity index (χ0n) is 15.7. The van der Waals surface area contributed by atoms with Gasteiger partial charge < -0.3 is 14.5 Å². The molecule has 1 amide bonds. The summed E-state index contributed by atoms with van der Waals surface area (Å²) >= 11 is 0. The van der Waals surface area contributed by atoms with Gasteiger partial charge in [-0.1, -0.05) is 0 Å². The Kier molecular flexibility index (Phi) is 5.10. The summed E-state index contributed by atoms with van der Waals surface area (Å²) in [6.45, 7) is 2.10. The van der Waals surface area contributed by atoms with E-state index in [4.69, 9.17) is 9.15 Å². The second kappa shape index (κ2) is 7.84. The number of aromatic nitrogens is 1. The molecule has 1 atom stereocenters. The highest BCUT2D eigenvalue weighted by Crippen LogP contribution is 2.29. The number of amides is 1. The lowest BCUT2D eigenvalue weighted by molar-refractivity contribution is -0.127. The fourth-order valence-electron chi connectivity index (χ4n) is 3.59. The van der Waals surface area contributed by atoms with Gasteiger partial charge in [-0.15, -0.1) is 0 Å². The third-order valence-corrected chi connectivity index (χ3v) is 5.09. The number of nitrogens with zero attached hydrogens (tertiary/aromatic N) is 1. The number of nitrogens with one attached hydrogen (secondary N) is 1. The van der Waals surface area contributed by atoms with Crippen molar-refractivity contribution < 1.29 is 13.9 Å². The lowest BCUT2D eigenvalue weighted by Gasteiger charge is -2.18. The van der Waals surface area contributed by atoms with Crippen molar-refractivity contribution in [1.82, 2.24) is 10.3 Å². The molecule has 1 aromatic carbocycles. The van der Waals surface area contributed by atoms with Crippen LogP contribution in [0.5, 0.6) is 5.75 Å². The summed E-state index contributed by atoms with van der Waals surface area (Å²) in [5.74, 6) is 0.279. The van der Waals surface area contributed by atoms with Gasteiger partial charge in [-0.2, -0.15) is 0 Å². The van der Waals surface area contributed by atoms with Crippen LogP contribution in [0.25, 0.3) is 11.0 Å². The van der Waals surface area contributed by atoms with Crippen molar-refractivity contribution in [2.45, 2.75) is 45.3 Å². The van der Waals surface area contributed by atoms with E-state index in [1.54, 1.807) is 25.4 Å². The van der Waals surface area contributed by atoms with Crippen LogP contribution in [0.3, 0.4) is 0 Å². The van der Waals surface area contributed by atoms with E-state index in [2.05, 4.69) is 10.3 Å². The number of hydrogen-bond donors (Lipinski definition) is 1. The fourth-order valence-corrected chi connectivity index (χ4v) is 3.59. The van der Waals surface area contributed by atoms with Gasteiger partial charge in [-0.3, -0.25) is 9.78 Å². The average molecular weight is 378 g/mol. The molecule has 2 aromatic heterocycles. The Balaban J connectivity index is 1.48. The smallest absolute Gasteiger partial charge is 0.339 e. The number of benzene rings is 1. The number of fused-ring (bicyclic) bond motifs is 3. The van der Waals surface area contributed by atoms with Gasteiger partial charge in [0, 0.05) is 36.0 Å². The molecule has 144 valence electrons. The standard InChI is InChI=1S/C22H22N2O4/c1-14(21(25)24-13-15-8-10-23-11-9-15)27-16-6-7-18-17-4-2-3-5-19(17)22(26)28-20(18)12-16/h6-12,14H,2-5,13H2,1H3,(H,24,25)/t14-/m1/s1. The van der Waals surface area contributed by atoms with Crippen LogP contribution in [0.4, 0.5) is 0 Å². The summed E-state index contributed by atoms with van der Waals surface area (Å²) in [7, 11) is 0. The molecule has 0 radical (unpaired) electrons. The summed E-state index contributed by atoms with van der Waals surface area (Å²) in [6.07, 6.45) is 6.47. The zero-order valence-corrected chi connectivity index (χ0v) is 15.7. The first-order valence-corrected chi connectivity index (χ1v) is 9.54. The average Bonchev–Trinajstić information content (AvgIpc) is 2.73. The first kappa shape index (κ1) is 18.2. The molecular formula is C22H22N2O4. The van der Waals surface area contributed by atoms with E-state index in [-0.39, 0.29) is 11.5 Å². The maximum absolute atomic E-state index is 12.3. The van der Waals surface area contributed by atoms with Crippen LogP contribution < -0.4 is 15.7 Å². The zero-order chi connectivity index (χ0) is 19.5. The van der Waals surface area contributed by atoms with Gasteiger partial charge >= 0.3 is 5.63 Å². The predicted octanol–water partition coefficient (Wildman–Crippen LogP) is 3.15. The molecule has 0 aliphatic heterocycles. The van der Waals surface area contributed by atoms with Crippen molar-refractivity contribution in [1.29, 1.82) is 0 Å². The van der Waals surface area contributed by atoms with Crippen LogP contribution in [-0.2, 0) is 24.2 Å². The van der Waals surface area contributed by atoms with E-state index < -0.39 is 6.10 Å². The van der Waals surface area contributed by atoms with Gasteiger partial charge in [0.1, 0.15) is 11.3 Å². The van der Waals surface area contributed by atoms with Crippen LogP contribution >= 0.6 is 0 Å². The molecule has 6 heteroatoms. The molecule has 3 aromatic rings. The molecule has 0 unspecified atom stereocenters. The maximum Gasteiger partial charge on any atom is 0.339 e. The number of carbonyl (C=O) groups excluding carboxylic acids is 1. The molecule has 0 fully saturated rings. The highest BCUT2D eigenvalue weighted by Gasteiger charge is 2.19. The first-order valence-electron chi connectivity index (χ1n) is 9.54. The van der Waals surface area contributed by atoms with Crippen molar-refractivity contribution in [3.05, 3.63) is 69.8 Å². The predicted molar refractivity (Wildman–Crippen MR) is 105 cm³/mol. The number of ether oxygens (including phenoxy) is 1. The molecule has 2 heterocycles. The van der Waals surface area contributed by atoms with E-state index in [0.717, 1.165) is 47.8 Å². The lowest BCUT2D eigenvalue weighted by atomic mass is 9.91. The Bertz CT molecular complexity index is 1060. The minimum absolute atomic E-state index is 0.219. The number of rotatable bonds is 5. The molecule has 1 aliphatic carbocycles. The van der Waals surface area contributed by atoms with Crippen LogP contribution in [0.15, 0.2) is 51.9 Å². The fraction of sp³-hybridized carbons (Fsp3) is 0.318. The van der Waals surface area contributed by atoms with Crippen molar-refractivity contribution in [3.63, 3.8) is 0 Å². The van der Waals surface area contributed by atoms with E-state index in [1.807, 2.05) is 24.3 Å². The maximum atomic E-state index is 12.3. The summed E-state index contributed by atoms with van der Waals surface area (Å²) in [5, 5.41) is 3.80. The highest BCUT2D eigenvalue weighted by molar-refractivity contribution is 5.83. The highest BCUT2D eigenvalue weighted by atomic mass is 16.5. The van der Waals surface area contributed by atoms with E-state index >= 15 is 0 Å². The molecule has 4 rings (SSSR count). The molecule has 6 nitrogen and oxygen atoms in total. The van der Waals surface area contributed by atoms with Gasteiger partial charge in [0.2, 0.25) is 0 Å². The molecule has 0 saturated heterocycles. The SMILES string of the molecule is C[C@@H](Oc1ccc2c3c(c(=O)oc2c1)CCCC3)C(=O)NCc1ccncc1. The van der Waals surface area contributed by atoms with Crippen LogP contribution in [0, 0.1) is 0 Å². The number of hydrogen-bond acceptors (Lipinski definition) is 5. The van der Waals surface area contributed by atoms with Gasteiger partial charge in [0.15, 0.2) is 6.10 Å². The lowest BCUT2D eigenvalue weighted by Crippen LogP contribution is -2.35. The number of aryl methyl sites for hydroxylation is 1. The summed E-state index contributed by atoms with van der Waals surface area (Å²) < 4.78 is 11.3. The van der Waals surface area contributed by atoms with Crippen LogP contribution in [-0.4, -0.2) is 17.0 Å². The molecule has 0 spiro atoms. The van der Waals surface area contributed by atoms with Crippen molar-refractivity contribution in [2.24, 2.45) is 0 Å². The number of pyridine rings is 1. The molecule has 0 saturated carbocycles. The van der Waals surface area contributed by atoms with E-state index in [9.17, 15) is 9.59 Å². The monoisotopic (exact) mass is 378 g/mol. The Hall–Kier alpha value is -3.15. The molecule has 0 bridgehead atoms. The largest absolute Gasteiger partial charge is 0.481 e. The third-order valence-electron chi connectivity index (χ3n) is 5.09. The topological polar surface area (TPSA) is 81.4 Å². The second-order valence-corrected chi connectivity index (χ2v) is 7.05. The Morgan fingerprint density at radius 3 is 2.71 bits per heavy atom. The minimum atomic E-state index is -0.677. The van der Waals surface area contributed by atoms with E-state index in [1.165, 1.54) is 0 Å². The Morgan fingerprint density at radius 1 is 1.18 bits per heavy atom. The summed E-state index contributed by atoms with van der Waals surface area (Å²) in [6, 6.07) is 9.12. The van der Waals surface area contributed by atoms with Crippen LogP contribution in [0.1, 0.15) is 36.5 Å².